The van der Waals surface area contributed by atoms with Gasteiger partial charge in [0.1, 0.15) is 34.9 Å². The van der Waals surface area contributed by atoms with E-state index in [4.69, 9.17) is 20.2 Å². The average molecular weight is 764 g/mol. The van der Waals surface area contributed by atoms with Gasteiger partial charge in [-0.15, -0.1) is 11.3 Å². The van der Waals surface area contributed by atoms with Gasteiger partial charge in [-0.25, -0.2) is 27.2 Å². The molecule has 3 heterocycles. The van der Waals surface area contributed by atoms with E-state index in [1.165, 1.54) is 23.3 Å². The van der Waals surface area contributed by atoms with Gasteiger partial charge < -0.3 is 30.7 Å². The number of alkyl halides is 2. The summed E-state index contributed by atoms with van der Waals surface area (Å²) in [6.07, 6.45) is -3.64. The second-order valence-corrected chi connectivity index (χ2v) is 17.1. The van der Waals surface area contributed by atoms with Crippen molar-refractivity contribution in [3.05, 3.63) is 29.6 Å². The molecule has 1 unspecified atom stereocenters. The van der Waals surface area contributed by atoms with Crippen LogP contribution in [0.3, 0.4) is 0 Å². The molecule has 5 N–H and O–H groups in total. The summed E-state index contributed by atoms with van der Waals surface area (Å²) < 4.78 is 66.9. The maximum Gasteiger partial charge on any atom is 0.259 e. The minimum Gasteiger partial charge on any atom is -0.497 e. The van der Waals surface area contributed by atoms with Crippen LogP contribution < -0.4 is 30.6 Å². The number of carbonyl (C=O) groups excluding carboxylic acids is 3. The molecule has 1 aliphatic heterocycles. The Morgan fingerprint density at radius 1 is 1.10 bits per heavy atom. The van der Waals surface area contributed by atoms with Crippen LogP contribution in [0.2, 0.25) is 0 Å². The van der Waals surface area contributed by atoms with E-state index < -0.39 is 75.5 Å². The fraction of sp³-hybridized carbons (Fsp3) is 0.559. The summed E-state index contributed by atoms with van der Waals surface area (Å²) in [5.41, 5.74) is 5.73. The van der Waals surface area contributed by atoms with Crippen LogP contribution >= 0.6 is 11.3 Å². The number of methoxy groups -OCH3 is 1. The van der Waals surface area contributed by atoms with Crippen molar-refractivity contribution in [1.82, 2.24) is 24.9 Å². The van der Waals surface area contributed by atoms with Crippen molar-refractivity contribution in [3.8, 4) is 22.9 Å². The van der Waals surface area contributed by atoms with E-state index in [2.05, 4.69) is 15.6 Å². The number of pyridine rings is 1. The molecule has 2 aromatic heterocycles. The van der Waals surface area contributed by atoms with Gasteiger partial charge in [-0.05, 0) is 51.2 Å². The van der Waals surface area contributed by atoms with Crippen molar-refractivity contribution in [2.45, 2.75) is 94.8 Å². The molecule has 6 rings (SSSR count). The van der Waals surface area contributed by atoms with E-state index in [0.29, 0.717) is 51.8 Å². The van der Waals surface area contributed by atoms with E-state index in [-0.39, 0.29) is 24.9 Å². The van der Waals surface area contributed by atoms with Crippen LogP contribution in [0.5, 0.6) is 11.5 Å². The first-order valence-electron chi connectivity index (χ1n) is 17.1. The highest BCUT2D eigenvalue weighted by Crippen LogP contribution is 2.48. The Morgan fingerprint density at radius 2 is 1.83 bits per heavy atom. The van der Waals surface area contributed by atoms with E-state index in [1.54, 1.807) is 38.1 Å². The number of carbonyl (C=O) groups is 3. The van der Waals surface area contributed by atoms with Crippen LogP contribution in [0.25, 0.3) is 22.3 Å². The quantitative estimate of drug-likeness (QED) is 0.188. The number of nitrogens with two attached hydrogens (primary N) is 1. The topological polar surface area (TPSA) is 195 Å². The second kappa shape index (κ2) is 14.3. The van der Waals surface area contributed by atoms with Gasteiger partial charge in [0.2, 0.25) is 28.3 Å². The molecule has 2 saturated carbocycles. The highest BCUT2D eigenvalue weighted by Gasteiger charge is 2.66. The third-order valence-corrected chi connectivity index (χ3v) is 12.2. The zero-order valence-corrected chi connectivity index (χ0v) is 31.0. The number of thiazole rings is 1. The molecule has 3 fully saturated rings. The van der Waals surface area contributed by atoms with Gasteiger partial charge in [-0.2, -0.15) is 0 Å². The van der Waals surface area contributed by atoms with Crippen LogP contribution in [-0.4, -0.2) is 96.1 Å². The smallest absolute Gasteiger partial charge is 0.259 e. The molecule has 2 aliphatic carbocycles. The highest BCUT2D eigenvalue weighted by molar-refractivity contribution is 7.91. The Bertz CT molecular complexity index is 1970. The van der Waals surface area contributed by atoms with Gasteiger partial charge in [-0.1, -0.05) is 13.8 Å². The maximum absolute atomic E-state index is 14.0. The van der Waals surface area contributed by atoms with Crippen LogP contribution in [0, 0.1) is 11.8 Å². The molecule has 3 aliphatic rings. The standard InChI is InChI=1S/C34H43F2N7O7S2/c1-16(2)28(37)31(45)43-14-19(11-26(43)30(44)41-34(13-22(34)29(35)36)32(46)42-52(47,48)20-7-8-20)50-27-12-24(25-15-51-33(40-25)38-17(3)4)39-23-10-18(49-5)6-9-21(23)27/h6,9-10,12,15-17,19-20,22,26,28-29H,7-8,11,13-14,37H2,1-5H3,(H,38,40)(H,41,44)(H,42,46)/t19-,22+,26?,28+,34+/m1/s1. The first kappa shape index (κ1) is 37.6. The van der Waals surface area contributed by atoms with Gasteiger partial charge in [0.15, 0.2) is 5.13 Å². The molecule has 5 atom stereocenters. The van der Waals surface area contributed by atoms with Gasteiger partial charge >= 0.3 is 0 Å². The van der Waals surface area contributed by atoms with Gasteiger partial charge in [0.25, 0.3) is 5.91 Å². The molecule has 14 nitrogen and oxygen atoms in total. The molecular formula is C34H43F2N7O7S2. The first-order chi connectivity index (χ1) is 24.5. The minimum atomic E-state index is -4.09. The van der Waals surface area contributed by atoms with Crippen LogP contribution in [0.1, 0.15) is 53.4 Å². The summed E-state index contributed by atoms with van der Waals surface area (Å²) in [6, 6.07) is 4.89. The number of fused-ring (bicyclic) bond motifs is 1. The number of anilines is 1. The first-order valence-corrected chi connectivity index (χ1v) is 19.6. The fourth-order valence-corrected chi connectivity index (χ4v) is 8.52. The number of rotatable bonds is 14. The molecular weight excluding hydrogens is 721 g/mol. The summed E-state index contributed by atoms with van der Waals surface area (Å²) in [5, 5.41) is 8.10. The summed E-state index contributed by atoms with van der Waals surface area (Å²) in [5.74, 6) is -3.64. The van der Waals surface area contributed by atoms with Crippen molar-refractivity contribution >= 4 is 55.1 Å². The van der Waals surface area contributed by atoms with Gasteiger partial charge in [-0.3, -0.25) is 19.1 Å². The van der Waals surface area contributed by atoms with Crippen molar-refractivity contribution in [2.24, 2.45) is 17.6 Å². The Kier molecular flexibility index (Phi) is 10.4. The number of sulfonamides is 1. The molecule has 0 spiro atoms. The van der Waals surface area contributed by atoms with E-state index in [0.717, 1.165) is 0 Å². The number of halogens is 2. The second-order valence-electron chi connectivity index (χ2n) is 14.3. The van der Waals surface area contributed by atoms with Crippen molar-refractivity contribution in [3.63, 3.8) is 0 Å². The zero-order chi connectivity index (χ0) is 37.7. The molecule has 3 aromatic rings. The van der Waals surface area contributed by atoms with Crippen LogP contribution in [0.4, 0.5) is 13.9 Å². The number of aromatic nitrogens is 2. The normalized spacial score (nSPS) is 23.6. The maximum atomic E-state index is 14.0. The number of nitrogens with one attached hydrogen (secondary N) is 3. The Labute approximate surface area is 304 Å². The Balaban J connectivity index is 1.30. The lowest BCUT2D eigenvalue weighted by atomic mass is 10.0. The monoisotopic (exact) mass is 763 g/mol. The lowest BCUT2D eigenvalue weighted by molar-refractivity contribution is -0.141. The predicted octanol–water partition coefficient (Wildman–Crippen LogP) is 3.27. The predicted molar refractivity (Wildman–Crippen MR) is 191 cm³/mol. The number of amides is 3. The van der Waals surface area contributed by atoms with Gasteiger partial charge in [0, 0.05) is 35.4 Å². The Morgan fingerprint density at radius 3 is 2.44 bits per heavy atom. The van der Waals surface area contributed by atoms with Crippen LogP contribution in [-0.2, 0) is 24.4 Å². The lowest BCUT2D eigenvalue weighted by Gasteiger charge is -2.29. The van der Waals surface area contributed by atoms with Crippen molar-refractivity contribution in [2.75, 3.05) is 19.0 Å². The lowest BCUT2D eigenvalue weighted by Crippen LogP contribution is -2.58. The fourth-order valence-electron chi connectivity index (χ4n) is 6.31. The molecule has 0 bridgehead atoms. The molecule has 0 radical (unpaired) electrons. The van der Waals surface area contributed by atoms with E-state index >= 15 is 0 Å². The summed E-state index contributed by atoms with van der Waals surface area (Å²) >= 11 is 1.42. The molecule has 282 valence electrons. The molecule has 1 aromatic carbocycles. The largest absolute Gasteiger partial charge is 0.497 e. The number of hydrogen-bond donors (Lipinski definition) is 4. The van der Waals surface area contributed by atoms with Crippen molar-refractivity contribution < 1.29 is 41.1 Å². The minimum absolute atomic E-state index is 0.0751. The zero-order valence-electron chi connectivity index (χ0n) is 29.4. The third kappa shape index (κ3) is 7.64. The third-order valence-electron chi connectivity index (χ3n) is 9.57. The molecule has 18 heteroatoms. The average Bonchev–Trinajstić information content (AvgIpc) is 3.98. The summed E-state index contributed by atoms with van der Waals surface area (Å²) in [7, 11) is -2.55. The van der Waals surface area contributed by atoms with E-state index in [9.17, 15) is 31.6 Å². The number of likely N-dealkylation sites (tertiary alicyclic amines) is 1. The number of benzene rings is 1. The van der Waals surface area contributed by atoms with Crippen molar-refractivity contribution in [1.29, 1.82) is 0 Å². The number of hydrogen-bond acceptors (Lipinski definition) is 12. The molecule has 1 saturated heterocycles. The number of ether oxygens (including phenoxy) is 2. The summed E-state index contributed by atoms with van der Waals surface area (Å²) in [6.45, 7) is 7.41. The summed E-state index contributed by atoms with van der Waals surface area (Å²) in [4.78, 5) is 51.7. The van der Waals surface area contributed by atoms with Gasteiger partial charge in [0.05, 0.1) is 42.1 Å². The van der Waals surface area contributed by atoms with E-state index in [1.807, 2.05) is 23.9 Å². The SMILES string of the molecule is COc1ccc2c(O[C@@H]3CC(C(=O)N[C@@]4(C(=O)NS(=O)(=O)C5CC5)C[C@H]4C(F)F)N(C(=O)[C@@H](N)C(C)C)C3)cc(-c3csc(NC(C)C)n3)nc2c1. The highest BCUT2D eigenvalue weighted by atomic mass is 32.2. The molecule has 3 amide bonds. The van der Waals surface area contributed by atoms with Crippen LogP contribution in [0.15, 0.2) is 29.6 Å². The Hall–Kier alpha value is -4.16. The molecule has 52 heavy (non-hydrogen) atoms. The number of nitrogens with zero attached hydrogens (tertiary/aromatic N) is 3.